The first-order valence-electron chi connectivity index (χ1n) is 5.69. The second-order valence-corrected chi connectivity index (χ2v) is 4.09. The maximum Gasteiger partial charge on any atom is 0.126 e. The number of nitrogens with one attached hydrogen (secondary N) is 1. The van der Waals surface area contributed by atoms with Gasteiger partial charge in [-0.25, -0.2) is 4.39 Å². The molecular weight excluding hydrogens is 205 g/mol. The Morgan fingerprint density at radius 1 is 1.44 bits per heavy atom. The highest BCUT2D eigenvalue weighted by molar-refractivity contribution is 5.28. The van der Waals surface area contributed by atoms with Crippen molar-refractivity contribution in [1.29, 1.82) is 0 Å². The molecule has 0 aliphatic carbocycles. The van der Waals surface area contributed by atoms with Gasteiger partial charge < -0.3 is 10.1 Å². The number of ether oxygens (including phenoxy) is 1. The Morgan fingerprint density at radius 2 is 2.19 bits per heavy atom. The second-order valence-electron chi connectivity index (χ2n) is 4.09. The first-order valence-corrected chi connectivity index (χ1v) is 5.69. The van der Waals surface area contributed by atoms with Gasteiger partial charge in [0.25, 0.3) is 0 Å². The molecule has 90 valence electrons. The van der Waals surface area contributed by atoms with Crippen LogP contribution in [0.3, 0.4) is 0 Å². The van der Waals surface area contributed by atoms with E-state index in [1.54, 1.807) is 19.1 Å². The normalized spacial score (nSPS) is 12.5. The Labute approximate surface area is 96.8 Å². The molecule has 16 heavy (non-hydrogen) atoms. The van der Waals surface area contributed by atoms with Gasteiger partial charge in [0, 0.05) is 6.04 Å². The van der Waals surface area contributed by atoms with E-state index in [2.05, 4.69) is 12.2 Å². The Kier molecular flexibility index (Phi) is 5.26. The van der Waals surface area contributed by atoms with Crippen molar-refractivity contribution in [2.24, 2.45) is 0 Å². The van der Waals surface area contributed by atoms with Crippen LogP contribution in [0.25, 0.3) is 0 Å². The van der Waals surface area contributed by atoms with E-state index in [9.17, 15) is 4.39 Å². The molecule has 0 saturated carbocycles. The molecule has 1 aromatic carbocycles. The number of rotatable bonds is 6. The lowest BCUT2D eigenvalue weighted by Crippen LogP contribution is -2.21. The van der Waals surface area contributed by atoms with Gasteiger partial charge in [0.2, 0.25) is 0 Å². The van der Waals surface area contributed by atoms with Gasteiger partial charge in [-0.1, -0.05) is 0 Å². The molecular formula is C13H20FNO. The molecule has 0 aliphatic heterocycles. The van der Waals surface area contributed by atoms with E-state index in [1.165, 1.54) is 6.07 Å². The fraction of sp³-hybridized carbons (Fsp3) is 0.538. The highest BCUT2D eigenvalue weighted by atomic mass is 19.1. The summed E-state index contributed by atoms with van der Waals surface area (Å²) in [6, 6.07) is 5.36. The Hall–Kier alpha value is -1.09. The molecule has 0 heterocycles. The molecule has 2 nitrogen and oxygen atoms in total. The standard InChI is InChI=1S/C13H20FNO/c1-10-9-12(6-7-13(10)14)16-8-4-5-11(2)15-3/h6-7,9,11,15H,4-5,8H2,1-3H3. The number of benzene rings is 1. The minimum absolute atomic E-state index is 0.184. The average molecular weight is 225 g/mol. The molecule has 0 aromatic heterocycles. The highest BCUT2D eigenvalue weighted by Crippen LogP contribution is 2.16. The summed E-state index contributed by atoms with van der Waals surface area (Å²) in [5, 5.41) is 3.18. The summed E-state index contributed by atoms with van der Waals surface area (Å²) in [5.74, 6) is 0.562. The maximum atomic E-state index is 13.0. The van der Waals surface area contributed by atoms with Gasteiger partial charge in [-0.05, 0) is 57.5 Å². The topological polar surface area (TPSA) is 21.3 Å². The Morgan fingerprint density at radius 3 is 2.81 bits per heavy atom. The third-order valence-electron chi connectivity index (χ3n) is 2.67. The van der Waals surface area contributed by atoms with E-state index in [1.807, 2.05) is 7.05 Å². The summed E-state index contributed by atoms with van der Waals surface area (Å²) >= 11 is 0. The number of hydrogen-bond donors (Lipinski definition) is 1. The quantitative estimate of drug-likeness (QED) is 0.752. The molecule has 1 aromatic rings. The zero-order valence-corrected chi connectivity index (χ0v) is 10.2. The summed E-state index contributed by atoms with van der Waals surface area (Å²) in [7, 11) is 1.95. The fourth-order valence-electron chi connectivity index (χ4n) is 1.43. The van der Waals surface area contributed by atoms with Gasteiger partial charge in [-0.2, -0.15) is 0 Å². The molecule has 1 unspecified atom stereocenters. The Balaban J connectivity index is 2.29. The van der Waals surface area contributed by atoms with Crippen molar-refractivity contribution >= 4 is 0 Å². The van der Waals surface area contributed by atoms with Gasteiger partial charge in [0.05, 0.1) is 6.61 Å². The van der Waals surface area contributed by atoms with Crippen molar-refractivity contribution < 1.29 is 9.13 Å². The largest absolute Gasteiger partial charge is 0.494 e. The number of hydrogen-bond acceptors (Lipinski definition) is 2. The summed E-state index contributed by atoms with van der Waals surface area (Å²) < 4.78 is 18.5. The van der Waals surface area contributed by atoms with Crippen LogP contribution in [-0.4, -0.2) is 19.7 Å². The second kappa shape index (κ2) is 6.48. The number of halogens is 1. The number of aryl methyl sites for hydroxylation is 1. The minimum Gasteiger partial charge on any atom is -0.494 e. The predicted molar refractivity (Wildman–Crippen MR) is 64.4 cm³/mol. The van der Waals surface area contributed by atoms with Crippen LogP contribution in [-0.2, 0) is 0 Å². The smallest absolute Gasteiger partial charge is 0.126 e. The van der Waals surface area contributed by atoms with E-state index in [4.69, 9.17) is 4.74 Å². The molecule has 0 fully saturated rings. The summed E-state index contributed by atoms with van der Waals surface area (Å²) in [6.07, 6.45) is 2.08. The molecule has 0 radical (unpaired) electrons. The van der Waals surface area contributed by atoms with Crippen molar-refractivity contribution in [2.75, 3.05) is 13.7 Å². The fourth-order valence-corrected chi connectivity index (χ4v) is 1.43. The van der Waals surface area contributed by atoms with E-state index >= 15 is 0 Å². The van der Waals surface area contributed by atoms with Crippen LogP contribution in [0.4, 0.5) is 4.39 Å². The minimum atomic E-state index is -0.184. The van der Waals surface area contributed by atoms with Crippen molar-refractivity contribution in [3.05, 3.63) is 29.6 Å². The van der Waals surface area contributed by atoms with Crippen LogP contribution in [0.5, 0.6) is 5.75 Å². The van der Waals surface area contributed by atoms with Crippen LogP contribution in [0.15, 0.2) is 18.2 Å². The predicted octanol–water partition coefficient (Wildman–Crippen LogP) is 2.90. The summed E-state index contributed by atoms with van der Waals surface area (Å²) in [5.41, 5.74) is 0.626. The van der Waals surface area contributed by atoms with E-state index in [0.717, 1.165) is 18.6 Å². The van der Waals surface area contributed by atoms with Crippen LogP contribution in [0, 0.1) is 12.7 Å². The van der Waals surface area contributed by atoms with Crippen molar-refractivity contribution in [2.45, 2.75) is 32.7 Å². The van der Waals surface area contributed by atoms with E-state index < -0.39 is 0 Å². The van der Waals surface area contributed by atoms with Crippen molar-refractivity contribution in [1.82, 2.24) is 5.32 Å². The lowest BCUT2D eigenvalue weighted by molar-refractivity contribution is 0.299. The molecule has 3 heteroatoms. The molecule has 1 atom stereocenters. The van der Waals surface area contributed by atoms with E-state index in [0.29, 0.717) is 18.2 Å². The molecule has 0 aliphatic rings. The van der Waals surface area contributed by atoms with Gasteiger partial charge in [-0.15, -0.1) is 0 Å². The lowest BCUT2D eigenvalue weighted by atomic mass is 10.2. The maximum absolute atomic E-state index is 13.0. The van der Waals surface area contributed by atoms with Crippen molar-refractivity contribution in [3.63, 3.8) is 0 Å². The van der Waals surface area contributed by atoms with Gasteiger partial charge >= 0.3 is 0 Å². The molecule has 0 saturated heterocycles. The van der Waals surface area contributed by atoms with Crippen LogP contribution < -0.4 is 10.1 Å². The third-order valence-corrected chi connectivity index (χ3v) is 2.67. The summed E-state index contributed by atoms with van der Waals surface area (Å²) in [6.45, 7) is 4.56. The van der Waals surface area contributed by atoms with Gasteiger partial charge in [-0.3, -0.25) is 0 Å². The van der Waals surface area contributed by atoms with Crippen LogP contribution in [0.2, 0.25) is 0 Å². The molecule has 1 rings (SSSR count). The van der Waals surface area contributed by atoms with E-state index in [-0.39, 0.29) is 5.82 Å². The molecule has 0 amide bonds. The first-order chi connectivity index (χ1) is 7.63. The zero-order valence-electron chi connectivity index (χ0n) is 10.2. The zero-order chi connectivity index (χ0) is 12.0. The lowest BCUT2D eigenvalue weighted by Gasteiger charge is -2.11. The molecule has 1 N–H and O–H groups in total. The first kappa shape index (κ1) is 13.0. The van der Waals surface area contributed by atoms with Crippen LogP contribution >= 0.6 is 0 Å². The third kappa shape index (κ3) is 4.19. The van der Waals surface area contributed by atoms with Crippen molar-refractivity contribution in [3.8, 4) is 5.75 Å². The van der Waals surface area contributed by atoms with Gasteiger partial charge in [0.15, 0.2) is 0 Å². The SMILES string of the molecule is CNC(C)CCCOc1ccc(F)c(C)c1. The monoisotopic (exact) mass is 225 g/mol. The van der Waals surface area contributed by atoms with Crippen LogP contribution in [0.1, 0.15) is 25.3 Å². The Bertz CT molecular complexity index is 328. The molecule has 0 spiro atoms. The highest BCUT2D eigenvalue weighted by Gasteiger charge is 2.01. The average Bonchev–Trinajstić information content (AvgIpc) is 2.28. The van der Waals surface area contributed by atoms with Gasteiger partial charge in [0.1, 0.15) is 11.6 Å². The molecule has 0 bridgehead atoms. The summed E-state index contributed by atoms with van der Waals surface area (Å²) in [4.78, 5) is 0.